The van der Waals surface area contributed by atoms with Crippen LogP contribution >= 0.6 is 12.6 Å². The van der Waals surface area contributed by atoms with E-state index in [-0.39, 0.29) is 51.7 Å². The highest BCUT2D eigenvalue weighted by Gasteiger charge is 2.76. The third kappa shape index (κ3) is 6.09. The Morgan fingerprint density at radius 2 is 1.28 bits per heavy atom. The molecule has 0 spiro atoms. The number of phenols is 2. The second-order valence-electron chi connectivity index (χ2n) is 18.0. The van der Waals surface area contributed by atoms with Crippen LogP contribution in [-0.2, 0) is 40.5 Å². The lowest BCUT2D eigenvalue weighted by molar-refractivity contribution is -0.144. The van der Waals surface area contributed by atoms with Crippen LogP contribution in [0.1, 0.15) is 63.0 Å². The normalized spacial score (nSPS) is 22.8. The molecule has 4 N–H and O–H groups in total. The van der Waals surface area contributed by atoms with Gasteiger partial charge in [0.25, 0.3) is 4.27 Å². The van der Waals surface area contributed by atoms with Crippen LogP contribution in [0, 0.1) is 17.3 Å². The molecule has 0 aromatic heterocycles. The molecule has 0 heterocycles. The summed E-state index contributed by atoms with van der Waals surface area (Å²) >= 11 is 4.33. The Balaban J connectivity index is 1.51. The molecular weight excluding hydrogens is 879 g/mol. The van der Waals surface area contributed by atoms with E-state index >= 15 is 16.8 Å². The van der Waals surface area contributed by atoms with E-state index in [0.29, 0.717) is 53.4 Å². The summed E-state index contributed by atoms with van der Waals surface area (Å²) in [6.07, 6.45) is 2.30. The number of aryl methyl sites for hydroxylation is 1. The molecule has 0 saturated heterocycles. The van der Waals surface area contributed by atoms with Crippen molar-refractivity contribution in [2.24, 2.45) is 17.3 Å². The molecule has 8 rings (SSSR count). The second kappa shape index (κ2) is 15.4. The Labute approximate surface area is 377 Å². The molecule has 3 aliphatic rings. The first-order chi connectivity index (χ1) is 30.0. The van der Waals surface area contributed by atoms with Crippen LogP contribution in [-0.4, -0.2) is 92.2 Å². The lowest BCUT2D eigenvalue weighted by atomic mass is 9.55. The first kappa shape index (κ1) is 45.2. The zero-order valence-electron chi connectivity index (χ0n) is 36.2. The van der Waals surface area contributed by atoms with Crippen molar-refractivity contribution in [2.45, 2.75) is 77.2 Å². The molecule has 64 heavy (non-hydrogen) atoms. The molecule has 5 aromatic carbocycles. The fraction of sp³-hybridized carbons (Fsp3) is 0.383. The van der Waals surface area contributed by atoms with Crippen LogP contribution < -0.4 is 14.7 Å². The number of Topliss-reactive ketones (excluding diaryl/α,β-unsaturated/α-hetero) is 1. The Bertz CT molecular complexity index is 3040. The number of nitrogens with zero attached hydrogens (tertiary/aromatic N) is 3. The summed E-state index contributed by atoms with van der Waals surface area (Å²) in [6, 6.07) is 18.5. The summed E-state index contributed by atoms with van der Waals surface area (Å²) in [5.74, 6) is -6.84. The van der Waals surface area contributed by atoms with Crippen LogP contribution in [0.15, 0.2) is 88.7 Å². The number of hydrogen-bond acceptors (Lipinski definition) is 13. The first-order valence-corrected chi connectivity index (χ1v) is 24.4. The average molecular weight is 930 g/mol. The molecule has 14 nitrogen and oxygen atoms in total. The number of amides is 1. The standard InChI is InChI=1S/C47H51N3O11S3/c1-26(51)50(42-41-27(25-37(52)43(42)54)19-20-28-33(41)23-24-45(2)34(28)21-22-40(45)53)46(44(55)56,63(58,59)38-17-9-11-29-31(38)13-7-15-35(29)48(3)4)47(57,62)64(60,61)39-18-10-12-30-32(39)14-8-16-36(30)49(5)6/h7-18,25,28,33-34,52,54,57,62H,19-24H2,1-6H3,(H,55,56)/t28?,33?,34?,45-,46-,47?/m0/s1. The maximum absolute atomic E-state index is 16.3. The molecular formula is C47H51N3O11S3. The van der Waals surface area contributed by atoms with Crippen LogP contribution in [0.25, 0.3) is 21.5 Å². The van der Waals surface area contributed by atoms with Gasteiger partial charge in [0.15, 0.2) is 11.5 Å². The molecule has 17 heteroatoms. The summed E-state index contributed by atoms with van der Waals surface area (Å²) in [7, 11) is -4.99. The van der Waals surface area contributed by atoms with Crippen LogP contribution in [0.2, 0.25) is 0 Å². The third-order valence-electron chi connectivity index (χ3n) is 14.3. The van der Waals surface area contributed by atoms with Gasteiger partial charge in [-0.1, -0.05) is 55.5 Å². The number of rotatable bonds is 10. The van der Waals surface area contributed by atoms with E-state index < -0.39 is 79.0 Å². The number of aromatic hydroxyl groups is 2. The van der Waals surface area contributed by atoms with Crippen LogP contribution in [0.4, 0.5) is 17.1 Å². The molecule has 2 fully saturated rings. The second-order valence-corrected chi connectivity index (χ2v) is 23.0. The third-order valence-corrected chi connectivity index (χ3v) is 19.9. The van der Waals surface area contributed by atoms with Gasteiger partial charge in [-0.25, -0.2) is 21.6 Å². The molecule has 3 aliphatic carbocycles. The van der Waals surface area contributed by atoms with Gasteiger partial charge in [-0.15, -0.1) is 12.6 Å². The largest absolute Gasteiger partial charge is 0.504 e. The molecule has 0 aliphatic heterocycles. The maximum atomic E-state index is 16.3. The number of carbonyl (C=O) groups is 3. The minimum absolute atomic E-state index is 0.0233. The average Bonchev–Trinajstić information content (AvgIpc) is 3.55. The van der Waals surface area contributed by atoms with E-state index in [0.717, 1.165) is 19.1 Å². The highest BCUT2D eigenvalue weighted by Crippen LogP contribution is 2.63. The van der Waals surface area contributed by atoms with E-state index in [9.17, 15) is 34.8 Å². The molecule has 4 unspecified atom stereocenters. The molecule has 6 atom stereocenters. The lowest BCUT2D eigenvalue weighted by Gasteiger charge is -2.51. The smallest absolute Gasteiger partial charge is 0.351 e. The Hall–Kier alpha value is -5.36. The van der Waals surface area contributed by atoms with Crippen molar-refractivity contribution in [3.63, 3.8) is 0 Å². The van der Waals surface area contributed by atoms with Gasteiger partial charge in [-0.3, -0.25) is 14.5 Å². The van der Waals surface area contributed by atoms with Crippen molar-refractivity contribution in [2.75, 3.05) is 42.9 Å². The number of aliphatic carboxylic acids is 1. The number of thiol groups is 1. The van der Waals surface area contributed by atoms with Crippen molar-refractivity contribution in [3.8, 4) is 11.5 Å². The predicted molar refractivity (Wildman–Crippen MR) is 248 cm³/mol. The number of carbonyl (C=O) groups excluding carboxylic acids is 2. The lowest BCUT2D eigenvalue weighted by Crippen LogP contribution is -2.74. The number of sulfone groups is 2. The van der Waals surface area contributed by atoms with E-state index in [1.165, 1.54) is 42.5 Å². The fourth-order valence-electron chi connectivity index (χ4n) is 11.3. The molecule has 2 saturated carbocycles. The number of phenolic OH excluding ortho intramolecular Hbond substituents is 2. The van der Waals surface area contributed by atoms with E-state index in [1.54, 1.807) is 62.3 Å². The molecule has 0 bridgehead atoms. The van der Waals surface area contributed by atoms with E-state index in [2.05, 4.69) is 12.6 Å². The molecule has 0 radical (unpaired) electrons. The van der Waals surface area contributed by atoms with Gasteiger partial charge in [0.1, 0.15) is 5.78 Å². The highest BCUT2D eigenvalue weighted by atomic mass is 32.2. The quantitative estimate of drug-likeness (QED) is 0.0568. The fourth-order valence-corrected chi connectivity index (χ4v) is 16.5. The van der Waals surface area contributed by atoms with Crippen molar-refractivity contribution in [1.82, 2.24) is 0 Å². The Kier molecular flexibility index (Phi) is 10.9. The van der Waals surface area contributed by atoms with Crippen molar-refractivity contribution >= 4 is 88.6 Å². The minimum atomic E-state index is -6.03. The van der Waals surface area contributed by atoms with Gasteiger partial charge in [-0.2, -0.15) is 0 Å². The number of aliphatic hydroxyl groups is 1. The first-order valence-electron chi connectivity index (χ1n) is 21.0. The number of anilines is 3. The van der Waals surface area contributed by atoms with Crippen LogP contribution in [0.3, 0.4) is 0 Å². The highest BCUT2D eigenvalue weighted by molar-refractivity contribution is 8.08. The Morgan fingerprint density at radius 1 is 0.766 bits per heavy atom. The van der Waals surface area contributed by atoms with Crippen molar-refractivity contribution < 1.29 is 51.6 Å². The van der Waals surface area contributed by atoms with Gasteiger partial charge in [-0.05, 0) is 91.3 Å². The number of ketones is 1. The van der Waals surface area contributed by atoms with Gasteiger partial charge >= 0.3 is 10.8 Å². The summed E-state index contributed by atoms with van der Waals surface area (Å²) in [5, 5.41) is 49.3. The minimum Gasteiger partial charge on any atom is -0.504 e. The zero-order chi connectivity index (χ0) is 46.6. The topological polar surface area (TPSA) is 210 Å². The summed E-state index contributed by atoms with van der Waals surface area (Å²) < 4.78 is 59.5. The predicted octanol–water partition coefficient (Wildman–Crippen LogP) is 6.62. The molecule has 338 valence electrons. The number of carboxylic acids is 1. The number of carboxylic acid groups (broad SMARTS) is 1. The number of fused-ring (bicyclic) bond motifs is 7. The summed E-state index contributed by atoms with van der Waals surface area (Å²) in [4.78, 5) is 40.6. The Morgan fingerprint density at radius 3 is 1.80 bits per heavy atom. The van der Waals surface area contributed by atoms with Gasteiger partial charge < -0.3 is 30.2 Å². The van der Waals surface area contributed by atoms with Gasteiger partial charge in [0.2, 0.25) is 25.6 Å². The maximum Gasteiger partial charge on any atom is 0.351 e. The van der Waals surface area contributed by atoms with E-state index in [1.807, 2.05) is 6.92 Å². The summed E-state index contributed by atoms with van der Waals surface area (Å²) in [5.41, 5.74) is 0.0288. The number of hydrogen-bond donors (Lipinski definition) is 5. The van der Waals surface area contributed by atoms with Crippen LogP contribution in [0.5, 0.6) is 11.5 Å². The monoisotopic (exact) mass is 929 g/mol. The van der Waals surface area contributed by atoms with Gasteiger partial charge in [0.05, 0.1) is 15.5 Å². The molecule has 1 amide bonds. The molecule has 5 aromatic rings. The van der Waals surface area contributed by atoms with Crippen molar-refractivity contribution in [3.05, 3.63) is 90.0 Å². The zero-order valence-corrected chi connectivity index (χ0v) is 38.8. The SMILES string of the molecule is CC(=O)N(c1c(O)c(O)cc2c1C1CC[C@]3(C)C(=O)CCC3C1CC2)[C@](C(=O)O)(C(O)(S)S(=O)(=O)c1cccc2c(N(C)C)cccc12)S(=O)(=O)c1cccc2c(N(C)C)cccc12. The van der Waals surface area contributed by atoms with Crippen molar-refractivity contribution in [1.29, 1.82) is 0 Å². The van der Waals surface area contributed by atoms with Gasteiger partial charge in [0, 0.05) is 79.9 Å². The van der Waals surface area contributed by atoms with E-state index in [4.69, 9.17) is 0 Å². The number of benzene rings is 5. The summed E-state index contributed by atoms with van der Waals surface area (Å²) in [6.45, 7) is 2.71.